The Kier molecular flexibility index (Phi) is 3.90. The number of nitrogens with one attached hydrogen (secondary N) is 1. The van der Waals surface area contributed by atoms with Gasteiger partial charge in [0.25, 0.3) is 5.56 Å². The highest BCUT2D eigenvalue weighted by atomic mass is 35.5. The van der Waals surface area contributed by atoms with Gasteiger partial charge in [-0.05, 0) is 32.0 Å². The minimum Gasteiger partial charge on any atom is -0.368 e. The molecule has 0 aliphatic rings. The van der Waals surface area contributed by atoms with Crippen LogP contribution in [0, 0.1) is 0 Å². The lowest BCUT2D eigenvalue weighted by Gasteiger charge is -2.18. The summed E-state index contributed by atoms with van der Waals surface area (Å²) >= 11 is 5.89. The van der Waals surface area contributed by atoms with Crippen LogP contribution in [-0.2, 0) is 0 Å². The highest BCUT2D eigenvalue weighted by Gasteiger charge is 2.09. The molecule has 1 N–H and O–H groups in total. The van der Waals surface area contributed by atoms with E-state index in [1.807, 2.05) is 18.7 Å². The minimum absolute atomic E-state index is 0.188. The van der Waals surface area contributed by atoms with Crippen molar-refractivity contribution in [3.05, 3.63) is 49.9 Å². The second-order valence-corrected chi connectivity index (χ2v) is 4.65. The van der Waals surface area contributed by atoms with Crippen LogP contribution in [-0.4, -0.2) is 18.1 Å². The summed E-state index contributed by atoms with van der Waals surface area (Å²) < 4.78 is 0. The van der Waals surface area contributed by atoms with Crippen LogP contribution in [0.5, 0.6) is 0 Å². The maximum absolute atomic E-state index is 12.2. The fraction of sp³-hybridized carbons (Fsp3) is 0.286. The zero-order valence-electron chi connectivity index (χ0n) is 10.9. The van der Waals surface area contributed by atoms with E-state index < -0.39 is 0 Å². The van der Waals surface area contributed by atoms with Crippen LogP contribution in [0.1, 0.15) is 13.8 Å². The van der Waals surface area contributed by atoms with Crippen molar-refractivity contribution >= 4 is 28.2 Å². The number of aromatic nitrogens is 1. The van der Waals surface area contributed by atoms with Crippen molar-refractivity contribution in [1.29, 1.82) is 0 Å². The Balaban J connectivity index is 2.85. The molecule has 0 unspecified atom stereocenters. The fourth-order valence-electron chi connectivity index (χ4n) is 2.09. The van der Waals surface area contributed by atoms with Crippen molar-refractivity contribution in [3.8, 4) is 0 Å². The Labute approximate surface area is 115 Å². The second kappa shape index (κ2) is 5.45. The zero-order chi connectivity index (χ0) is 14.0. The first kappa shape index (κ1) is 13.6. The third kappa shape index (κ3) is 2.63. The molecule has 1 aromatic heterocycles. The Morgan fingerprint density at radius 3 is 2.47 bits per heavy atom. The van der Waals surface area contributed by atoms with Gasteiger partial charge in [0.15, 0.2) is 5.43 Å². The molecule has 0 amide bonds. The van der Waals surface area contributed by atoms with E-state index in [4.69, 9.17) is 11.6 Å². The van der Waals surface area contributed by atoms with Crippen molar-refractivity contribution in [2.75, 3.05) is 18.0 Å². The number of rotatable bonds is 3. The summed E-state index contributed by atoms with van der Waals surface area (Å²) in [6, 6.07) is 6.25. The first-order chi connectivity index (χ1) is 9.06. The molecule has 19 heavy (non-hydrogen) atoms. The van der Waals surface area contributed by atoms with Gasteiger partial charge in [0, 0.05) is 29.6 Å². The summed E-state index contributed by atoms with van der Waals surface area (Å²) in [6.45, 7) is 5.22. The number of halogens is 1. The number of anilines is 1. The van der Waals surface area contributed by atoms with Gasteiger partial charge in [-0.2, -0.15) is 0 Å². The van der Waals surface area contributed by atoms with E-state index in [0.29, 0.717) is 34.7 Å². The lowest BCUT2D eigenvalue weighted by atomic mass is 10.2. The highest BCUT2D eigenvalue weighted by molar-refractivity contribution is 6.31. The summed E-state index contributed by atoms with van der Waals surface area (Å²) in [5, 5.41) is 0.943. The van der Waals surface area contributed by atoms with Gasteiger partial charge in [0.1, 0.15) is 5.69 Å². The van der Waals surface area contributed by atoms with E-state index in [0.717, 1.165) is 0 Å². The molecule has 1 aromatic carbocycles. The molecule has 0 saturated carbocycles. The van der Waals surface area contributed by atoms with Gasteiger partial charge in [0.05, 0.1) is 5.52 Å². The predicted octanol–water partition coefficient (Wildman–Crippen LogP) is 2.39. The Morgan fingerprint density at radius 1 is 1.16 bits per heavy atom. The van der Waals surface area contributed by atoms with Crippen molar-refractivity contribution in [2.45, 2.75) is 13.8 Å². The van der Waals surface area contributed by atoms with Crippen LogP contribution in [0.3, 0.4) is 0 Å². The van der Waals surface area contributed by atoms with Gasteiger partial charge in [-0.15, -0.1) is 0 Å². The topological polar surface area (TPSA) is 53.2 Å². The number of hydrogen-bond donors (Lipinski definition) is 1. The van der Waals surface area contributed by atoms with Gasteiger partial charge >= 0.3 is 0 Å². The third-order valence-corrected chi connectivity index (χ3v) is 3.33. The molecule has 4 nitrogen and oxygen atoms in total. The SMILES string of the molecule is CCN(CC)c1cc(=O)c2ccc(Cl)cc2[nH]c1=O. The van der Waals surface area contributed by atoms with Crippen molar-refractivity contribution in [3.63, 3.8) is 0 Å². The van der Waals surface area contributed by atoms with Gasteiger partial charge < -0.3 is 9.88 Å². The van der Waals surface area contributed by atoms with Gasteiger partial charge in [-0.1, -0.05) is 11.6 Å². The molecule has 1 heterocycles. The lowest BCUT2D eigenvalue weighted by Crippen LogP contribution is -2.28. The molecule has 0 radical (unpaired) electrons. The molecule has 0 aliphatic heterocycles. The van der Waals surface area contributed by atoms with Crippen LogP contribution in [0.4, 0.5) is 5.69 Å². The number of aromatic amines is 1. The molecule has 0 spiro atoms. The standard InChI is InChI=1S/C14H15ClN2O2/c1-3-17(4-2)12-8-13(18)10-6-5-9(15)7-11(10)16-14(12)19/h5-8H,3-4H2,1-2H3,(H,16,19). The normalized spacial score (nSPS) is 10.7. The predicted molar refractivity (Wildman–Crippen MR) is 79.4 cm³/mol. The lowest BCUT2D eigenvalue weighted by molar-refractivity contribution is 0.858. The fourth-order valence-corrected chi connectivity index (χ4v) is 2.26. The minimum atomic E-state index is -0.280. The molecule has 100 valence electrons. The number of benzene rings is 1. The molecule has 0 saturated heterocycles. The molecule has 5 heteroatoms. The molecular weight excluding hydrogens is 264 g/mol. The summed E-state index contributed by atoms with van der Waals surface area (Å²) in [4.78, 5) is 28.9. The summed E-state index contributed by atoms with van der Waals surface area (Å²) in [5.41, 5.74) is 0.383. The van der Waals surface area contributed by atoms with E-state index in [1.54, 1.807) is 18.2 Å². The first-order valence-corrected chi connectivity index (χ1v) is 6.56. The van der Waals surface area contributed by atoms with Crippen LogP contribution in [0.15, 0.2) is 33.9 Å². The zero-order valence-corrected chi connectivity index (χ0v) is 11.6. The van der Waals surface area contributed by atoms with Crippen molar-refractivity contribution in [2.24, 2.45) is 0 Å². The van der Waals surface area contributed by atoms with E-state index in [9.17, 15) is 9.59 Å². The second-order valence-electron chi connectivity index (χ2n) is 4.21. The number of hydrogen-bond acceptors (Lipinski definition) is 3. The Morgan fingerprint density at radius 2 is 1.84 bits per heavy atom. The molecular formula is C14H15ClN2O2. The summed E-state index contributed by atoms with van der Waals surface area (Å²) in [6.07, 6.45) is 0. The van der Waals surface area contributed by atoms with Crippen LogP contribution in [0.2, 0.25) is 5.02 Å². The highest BCUT2D eigenvalue weighted by Crippen LogP contribution is 2.14. The van der Waals surface area contributed by atoms with Crippen LogP contribution in [0.25, 0.3) is 10.9 Å². The van der Waals surface area contributed by atoms with Crippen LogP contribution >= 0.6 is 11.6 Å². The molecule has 0 atom stereocenters. The average Bonchev–Trinajstić information content (AvgIpc) is 2.49. The molecule has 2 rings (SSSR count). The number of fused-ring (bicyclic) bond motifs is 1. The largest absolute Gasteiger partial charge is 0.368 e. The molecule has 0 bridgehead atoms. The van der Waals surface area contributed by atoms with E-state index >= 15 is 0 Å². The third-order valence-electron chi connectivity index (χ3n) is 3.10. The first-order valence-electron chi connectivity index (χ1n) is 6.18. The van der Waals surface area contributed by atoms with Crippen LogP contribution < -0.4 is 15.9 Å². The van der Waals surface area contributed by atoms with Gasteiger partial charge in [0.2, 0.25) is 0 Å². The smallest absolute Gasteiger partial charge is 0.272 e. The van der Waals surface area contributed by atoms with E-state index in [1.165, 1.54) is 6.07 Å². The van der Waals surface area contributed by atoms with Crippen molar-refractivity contribution < 1.29 is 0 Å². The number of nitrogens with zero attached hydrogens (tertiary/aromatic N) is 1. The Hall–Kier alpha value is -1.81. The van der Waals surface area contributed by atoms with E-state index in [-0.39, 0.29) is 11.0 Å². The van der Waals surface area contributed by atoms with Gasteiger partial charge in [-0.3, -0.25) is 9.59 Å². The molecule has 0 fully saturated rings. The molecule has 2 aromatic rings. The molecule has 0 aliphatic carbocycles. The summed E-state index contributed by atoms with van der Waals surface area (Å²) in [5.74, 6) is 0. The maximum atomic E-state index is 12.2. The van der Waals surface area contributed by atoms with E-state index in [2.05, 4.69) is 4.98 Å². The summed E-state index contributed by atoms with van der Waals surface area (Å²) in [7, 11) is 0. The van der Waals surface area contributed by atoms with Gasteiger partial charge in [-0.25, -0.2) is 0 Å². The monoisotopic (exact) mass is 278 g/mol. The average molecular weight is 279 g/mol. The Bertz CT molecular complexity index is 721. The number of H-pyrrole nitrogens is 1. The maximum Gasteiger partial charge on any atom is 0.272 e. The van der Waals surface area contributed by atoms with Crippen molar-refractivity contribution in [1.82, 2.24) is 4.98 Å². The quantitative estimate of drug-likeness (QED) is 0.938.